The number of aliphatic hydroxyl groups is 1. The molecule has 0 amide bonds. The van der Waals surface area contributed by atoms with Crippen molar-refractivity contribution < 1.29 is 13.9 Å². The Morgan fingerprint density at radius 1 is 1.12 bits per heavy atom. The number of hydrogen-bond acceptors (Lipinski definition) is 1. The second-order valence-corrected chi connectivity index (χ2v) is 5.00. The topological polar surface area (TPSA) is 20.2 Å². The van der Waals surface area contributed by atoms with Crippen LogP contribution in [0.4, 0.5) is 8.78 Å². The average molecular weight is 240 g/mol. The molecule has 1 saturated carbocycles. The van der Waals surface area contributed by atoms with E-state index in [9.17, 15) is 8.78 Å². The highest BCUT2D eigenvalue weighted by Gasteiger charge is 2.25. The largest absolute Gasteiger partial charge is 0.396 e. The first-order valence-corrected chi connectivity index (χ1v) is 6.18. The minimum Gasteiger partial charge on any atom is -0.396 e. The maximum atomic E-state index is 13.8. The molecule has 94 valence electrons. The highest BCUT2D eigenvalue weighted by atomic mass is 19.2. The van der Waals surface area contributed by atoms with E-state index in [4.69, 9.17) is 5.11 Å². The number of aryl methyl sites for hydroxylation is 1. The molecule has 2 rings (SSSR count). The first-order chi connectivity index (χ1) is 8.13. The first-order valence-electron chi connectivity index (χ1n) is 6.18. The van der Waals surface area contributed by atoms with Gasteiger partial charge in [-0.2, -0.15) is 0 Å². The summed E-state index contributed by atoms with van der Waals surface area (Å²) in [5, 5.41) is 9.05. The van der Waals surface area contributed by atoms with Gasteiger partial charge in [-0.15, -0.1) is 0 Å². The molecule has 0 heterocycles. The molecule has 1 aliphatic carbocycles. The van der Waals surface area contributed by atoms with Crippen LogP contribution in [0.3, 0.4) is 0 Å². The Balaban J connectivity index is 2.16. The standard InChI is InChI=1S/C14H18F2O/c1-9-2-7-12(14(16)13(9)15)11-5-3-10(8-17)4-6-11/h2,7,10-11,17H,3-6,8H2,1H3. The third-order valence-corrected chi connectivity index (χ3v) is 3.85. The highest BCUT2D eigenvalue weighted by molar-refractivity contribution is 5.28. The monoisotopic (exact) mass is 240 g/mol. The molecule has 17 heavy (non-hydrogen) atoms. The average Bonchev–Trinajstić information content (AvgIpc) is 2.36. The Kier molecular flexibility index (Phi) is 3.77. The van der Waals surface area contributed by atoms with Gasteiger partial charge >= 0.3 is 0 Å². The van der Waals surface area contributed by atoms with Crippen molar-refractivity contribution in [1.82, 2.24) is 0 Å². The Labute approximate surface area is 100 Å². The maximum Gasteiger partial charge on any atom is 0.162 e. The predicted octanol–water partition coefficient (Wildman–Crippen LogP) is 3.54. The van der Waals surface area contributed by atoms with E-state index in [0.29, 0.717) is 17.0 Å². The fourth-order valence-electron chi connectivity index (χ4n) is 2.63. The van der Waals surface area contributed by atoms with Crippen LogP contribution in [0, 0.1) is 24.5 Å². The molecule has 1 aliphatic rings. The molecule has 0 saturated heterocycles. The normalized spacial score (nSPS) is 24.9. The Bertz CT molecular complexity index is 395. The third-order valence-electron chi connectivity index (χ3n) is 3.85. The molecular weight excluding hydrogens is 222 g/mol. The molecule has 1 N–H and O–H groups in total. The van der Waals surface area contributed by atoms with Crippen LogP contribution >= 0.6 is 0 Å². The van der Waals surface area contributed by atoms with E-state index >= 15 is 0 Å². The van der Waals surface area contributed by atoms with Crippen LogP contribution in [0.2, 0.25) is 0 Å². The Hall–Kier alpha value is -0.960. The van der Waals surface area contributed by atoms with Crippen LogP contribution in [-0.2, 0) is 0 Å². The van der Waals surface area contributed by atoms with Gasteiger partial charge in [0.2, 0.25) is 0 Å². The van der Waals surface area contributed by atoms with Crippen LogP contribution in [-0.4, -0.2) is 11.7 Å². The molecule has 0 radical (unpaired) electrons. The second-order valence-electron chi connectivity index (χ2n) is 5.00. The van der Waals surface area contributed by atoms with Crippen molar-refractivity contribution in [1.29, 1.82) is 0 Å². The molecule has 0 atom stereocenters. The summed E-state index contributed by atoms with van der Waals surface area (Å²) in [6, 6.07) is 3.35. The lowest BCUT2D eigenvalue weighted by atomic mass is 9.78. The van der Waals surface area contributed by atoms with E-state index in [-0.39, 0.29) is 12.5 Å². The molecule has 1 aromatic rings. The summed E-state index contributed by atoms with van der Waals surface area (Å²) in [6.45, 7) is 1.78. The van der Waals surface area contributed by atoms with Gasteiger partial charge in [-0.25, -0.2) is 8.78 Å². The molecule has 0 aromatic heterocycles. The van der Waals surface area contributed by atoms with E-state index in [0.717, 1.165) is 25.7 Å². The quantitative estimate of drug-likeness (QED) is 0.838. The Morgan fingerprint density at radius 3 is 2.35 bits per heavy atom. The fraction of sp³-hybridized carbons (Fsp3) is 0.571. The summed E-state index contributed by atoms with van der Waals surface area (Å²) < 4.78 is 27.3. The van der Waals surface area contributed by atoms with Crippen LogP contribution < -0.4 is 0 Å². The number of rotatable bonds is 2. The van der Waals surface area contributed by atoms with Gasteiger partial charge in [-0.05, 0) is 55.6 Å². The van der Waals surface area contributed by atoms with Gasteiger partial charge < -0.3 is 5.11 Å². The lowest BCUT2D eigenvalue weighted by Gasteiger charge is -2.28. The van der Waals surface area contributed by atoms with E-state index in [2.05, 4.69) is 0 Å². The number of halogens is 2. The summed E-state index contributed by atoms with van der Waals surface area (Å²) in [5.74, 6) is -0.957. The minimum absolute atomic E-state index is 0.105. The van der Waals surface area contributed by atoms with Gasteiger partial charge in [-0.3, -0.25) is 0 Å². The van der Waals surface area contributed by atoms with Gasteiger partial charge in [0.15, 0.2) is 11.6 Å². The Morgan fingerprint density at radius 2 is 1.76 bits per heavy atom. The molecule has 3 heteroatoms. The van der Waals surface area contributed by atoms with Gasteiger partial charge in [-0.1, -0.05) is 12.1 Å². The van der Waals surface area contributed by atoms with Crippen LogP contribution in [0.15, 0.2) is 12.1 Å². The van der Waals surface area contributed by atoms with Crippen molar-refractivity contribution in [3.63, 3.8) is 0 Å². The van der Waals surface area contributed by atoms with Crippen molar-refractivity contribution in [2.75, 3.05) is 6.61 Å². The van der Waals surface area contributed by atoms with E-state index in [1.54, 1.807) is 19.1 Å². The van der Waals surface area contributed by atoms with Crippen molar-refractivity contribution in [3.8, 4) is 0 Å². The smallest absolute Gasteiger partial charge is 0.162 e. The maximum absolute atomic E-state index is 13.8. The molecule has 0 bridgehead atoms. The fourth-order valence-corrected chi connectivity index (χ4v) is 2.63. The van der Waals surface area contributed by atoms with Crippen molar-refractivity contribution in [2.24, 2.45) is 5.92 Å². The molecule has 1 nitrogen and oxygen atoms in total. The van der Waals surface area contributed by atoms with E-state index in [1.165, 1.54) is 0 Å². The van der Waals surface area contributed by atoms with Crippen molar-refractivity contribution in [3.05, 3.63) is 34.9 Å². The zero-order valence-corrected chi connectivity index (χ0v) is 10.0. The van der Waals surface area contributed by atoms with Gasteiger partial charge in [0.1, 0.15) is 0 Å². The van der Waals surface area contributed by atoms with Gasteiger partial charge in [0, 0.05) is 6.61 Å². The summed E-state index contributed by atoms with van der Waals surface area (Å²) in [7, 11) is 0. The van der Waals surface area contributed by atoms with E-state index < -0.39 is 11.6 Å². The van der Waals surface area contributed by atoms with Gasteiger partial charge in [0.05, 0.1) is 0 Å². The number of hydrogen-bond donors (Lipinski definition) is 1. The lowest BCUT2D eigenvalue weighted by Crippen LogP contribution is -2.17. The van der Waals surface area contributed by atoms with E-state index in [1.807, 2.05) is 0 Å². The minimum atomic E-state index is -0.716. The summed E-state index contributed by atoms with van der Waals surface area (Å²) >= 11 is 0. The zero-order chi connectivity index (χ0) is 12.4. The molecule has 0 unspecified atom stereocenters. The summed E-state index contributed by atoms with van der Waals surface area (Å²) in [6.07, 6.45) is 3.47. The van der Waals surface area contributed by atoms with Crippen molar-refractivity contribution >= 4 is 0 Å². The van der Waals surface area contributed by atoms with Gasteiger partial charge in [0.25, 0.3) is 0 Å². The van der Waals surface area contributed by atoms with Crippen LogP contribution in [0.25, 0.3) is 0 Å². The molecule has 1 aromatic carbocycles. The molecule has 0 spiro atoms. The summed E-state index contributed by atoms with van der Waals surface area (Å²) in [5.41, 5.74) is 0.861. The zero-order valence-electron chi connectivity index (χ0n) is 10.0. The third kappa shape index (κ3) is 2.49. The molecule has 0 aliphatic heterocycles. The second kappa shape index (κ2) is 5.13. The van der Waals surface area contributed by atoms with Crippen LogP contribution in [0.1, 0.15) is 42.7 Å². The van der Waals surface area contributed by atoms with Crippen LogP contribution in [0.5, 0.6) is 0 Å². The highest BCUT2D eigenvalue weighted by Crippen LogP contribution is 2.37. The lowest BCUT2D eigenvalue weighted by molar-refractivity contribution is 0.181. The van der Waals surface area contributed by atoms with Crippen molar-refractivity contribution in [2.45, 2.75) is 38.5 Å². The number of aliphatic hydroxyl groups excluding tert-OH is 1. The predicted molar refractivity (Wildman–Crippen MR) is 62.9 cm³/mol. The SMILES string of the molecule is Cc1ccc(C2CCC(CO)CC2)c(F)c1F. The summed E-state index contributed by atoms with van der Waals surface area (Å²) in [4.78, 5) is 0. The molecular formula is C14H18F2O. The first kappa shape index (κ1) is 12.5. The molecule has 1 fully saturated rings. The number of benzene rings is 1.